The van der Waals surface area contributed by atoms with Crippen LogP contribution >= 0.6 is 0 Å². The number of likely N-dealkylation sites (N-methyl/N-ethyl adjacent to an activating group) is 1. The van der Waals surface area contributed by atoms with Crippen LogP contribution in [0.4, 0.5) is 0 Å². The van der Waals surface area contributed by atoms with E-state index in [0.29, 0.717) is 35.2 Å². The van der Waals surface area contributed by atoms with E-state index in [4.69, 9.17) is 30.2 Å². The van der Waals surface area contributed by atoms with Crippen molar-refractivity contribution in [2.24, 2.45) is 27.5 Å². The summed E-state index contributed by atoms with van der Waals surface area (Å²) in [5.41, 5.74) is 4.34. The van der Waals surface area contributed by atoms with E-state index in [0.717, 1.165) is 61.5 Å². The van der Waals surface area contributed by atoms with Gasteiger partial charge in [0.25, 0.3) is 0 Å². The van der Waals surface area contributed by atoms with Crippen LogP contribution in [-0.2, 0) is 27.4 Å². The van der Waals surface area contributed by atoms with Crippen LogP contribution in [0.15, 0.2) is 53.5 Å². The van der Waals surface area contributed by atoms with E-state index in [1.54, 1.807) is 53.0 Å². The van der Waals surface area contributed by atoms with Gasteiger partial charge in [-0.15, -0.1) is 10.2 Å². The molecule has 0 bridgehead atoms. The van der Waals surface area contributed by atoms with Crippen LogP contribution in [-0.4, -0.2) is 97.2 Å². The number of nitrogens with two attached hydrogens (primary N) is 1. The minimum Gasteiger partial charge on any atom is -0.488 e. The second kappa shape index (κ2) is 17.6. The molecule has 5 fully saturated rings. The molecule has 1 saturated heterocycles. The molecule has 5 heterocycles. The van der Waals surface area contributed by atoms with Crippen molar-refractivity contribution in [2.45, 2.75) is 96.8 Å². The zero-order valence-electron chi connectivity index (χ0n) is 32.9. The highest BCUT2D eigenvalue weighted by Gasteiger charge is 2.47. The van der Waals surface area contributed by atoms with Crippen LogP contribution in [0, 0.1) is 28.6 Å². The molecule has 0 radical (unpaired) electrons. The predicted octanol–water partition coefficient (Wildman–Crippen LogP) is 5.29. The van der Waals surface area contributed by atoms with E-state index in [-0.39, 0.29) is 43.6 Å². The molecule has 0 unspecified atom stereocenters. The Morgan fingerprint density at radius 3 is 2.30 bits per heavy atom. The summed E-state index contributed by atoms with van der Waals surface area (Å²) in [6, 6.07) is 3.68. The standard InChI is InChI=1S/C20H22N4O2.C18H22N8O3.C2H6.H2/c1-23(2)19(25)13-24-12-16(11-22-24)20-18(26-17-7-8-17)9-15(10-21-20)6-5-14-3-4-14;19-17(23-24-20)11-5-14(29-12-1-2-12)16(21-6-11)13-7-26(25-22-13)8-15-27-9-18(3-4-18)10-28-15;1-2;/h9-12,14,17H,3-4,7-8,13H2,1-2H3;5-7,12,15H,1-4,8-10H2,(H3,19,20,23);1-2H3;1H. The zero-order valence-corrected chi connectivity index (χ0v) is 32.9. The lowest BCUT2D eigenvalue weighted by atomic mass is 10.1. The van der Waals surface area contributed by atoms with Gasteiger partial charge in [0, 0.05) is 62.1 Å². The lowest BCUT2D eigenvalue weighted by Gasteiger charge is -2.29. The number of carbonyl (C=O) groups is 1. The topological polar surface area (TPSA) is 206 Å². The molecule has 4 aromatic heterocycles. The van der Waals surface area contributed by atoms with Crippen LogP contribution in [0.25, 0.3) is 22.6 Å². The molecule has 17 nitrogen and oxygen atoms in total. The number of carbonyl (C=O) groups excluding carboxylic acids is 1. The summed E-state index contributed by atoms with van der Waals surface area (Å²) in [6.07, 6.45) is 17.7. The van der Waals surface area contributed by atoms with Crippen molar-refractivity contribution in [2.75, 3.05) is 27.3 Å². The molecule has 1 spiro atoms. The fourth-order valence-corrected chi connectivity index (χ4v) is 5.64. The number of pyridine rings is 2. The van der Waals surface area contributed by atoms with E-state index in [9.17, 15) is 4.79 Å². The Morgan fingerprint density at radius 1 is 0.982 bits per heavy atom. The predicted molar refractivity (Wildman–Crippen MR) is 211 cm³/mol. The molecular weight excluding hydrogens is 729 g/mol. The monoisotopic (exact) mass is 780 g/mol. The number of nitrogens with one attached hydrogen (secondary N) is 1. The van der Waals surface area contributed by atoms with Gasteiger partial charge in [-0.1, -0.05) is 36.1 Å². The second-order valence-electron chi connectivity index (χ2n) is 15.0. The summed E-state index contributed by atoms with van der Waals surface area (Å²) in [4.78, 5) is 22.4. The molecule has 302 valence electrons. The number of amides is 1. The van der Waals surface area contributed by atoms with Gasteiger partial charge in [-0.3, -0.25) is 19.9 Å². The van der Waals surface area contributed by atoms with E-state index in [1.807, 2.05) is 26.1 Å². The Kier molecular flexibility index (Phi) is 12.2. The third kappa shape index (κ3) is 10.8. The number of ether oxygens (including phenoxy) is 4. The molecule has 4 saturated carbocycles. The number of hydrogen-bond acceptors (Lipinski definition) is 12. The maximum absolute atomic E-state index is 11.9. The fourth-order valence-electron chi connectivity index (χ4n) is 5.64. The number of rotatable bonds is 11. The SMILES string of the molecule is CC.CN(C)C(=O)Cn1cc(-c2ncc(C#CC3CC3)cc2OC2CC2)cn1.N=C(N=NN)c1cnc(-c2cn(CC3OCC4(CC4)CO3)nn2)c(OC2CC2)c1.[HH]. The molecule has 0 aromatic carbocycles. The zero-order chi connectivity index (χ0) is 39.9. The van der Waals surface area contributed by atoms with Gasteiger partial charge in [-0.2, -0.15) is 5.10 Å². The molecule has 4 aliphatic carbocycles. The normalized spacial score (nSPS) is 18.0. The Morgan fingerprint density at radius 2 is 1.67 bits per heavy atom. The molecule has 1 amide bonds. The van der Waals surface area contributed by atoms with E-state index in [2.05, 4.69) is 47.6 Å². The van der Waals surface area contributed by atoms with Gasteiger partial charge < -0.3 is 29.7 Å². The van der Waals surface area contributed by atoms with Crippen molar-refractivity contribution in [3.8, 4) is 46.0 Å². The summed E-state index contributed by atoms with van der Waals surface area (Å²) < 4.78 is 27.0. The highest BCUT2D eigenvalue weighted by Crippen LogP contribution is 2.48. The lowest BCUT2D eigenvalue weighted by Crippen LogP contribution is -2.36. The molecule has 4 aromatic rings. The first-order chi connectivity index (χ1) is 27.7. The first-order valence-corrected chi connectivity index (χ1v) is 19.6. The van der Waals surface area contributed by atoms with E-state index in [1.165, 1.54) is 31.9 Å². The molecule has 1 aliphatic heterocycles. The average molecular weight is 781 g/mol. The lowest BCUT2D eigenvalue weighted by molar-refractivity contribution is -0.213. The molecule has 5 aliphatic rings. The minimum atomic E-state index is -0.324. The molecular formula is C40H52N12O5. The number of hydrogen-bond donors (Lipinski definition) is 2. The molecule has 3 N–H and O–H groups in total. The van der Waals surface area contributed by atoms with Crippen LogP contribution in [0.3, 0.4) is 0 Å². The summed E-state index contributed by atoms with van der Waals surface area (Å²) in [5, 5.41) is 27.3. The maximum Gasteiger partial charge on any atom is 0.243 e. The van der Waals surface area contributed by atoms with Gasteiger partial charge in [0.05, 0.1) is 44.4 Å². The second-order valence-corrected chi connectivity index (χ2v) is 15.0. The van der Waals surface area contributed by atoms with Crippen LogP contribution < -0.4 is 15.3 Å². The molecule has 0 atom stereocenters. The van der Waals surface area contributed by atoms with Crippen molar-refractivity contribution in [3.05, 3.63) is 54.2 Å². The quantitative estimate of drug-likeness (QED) is 0.0499. The molecule has 9 rings (SSSR count). The summed E-state index contributed by atoms with van der Waals surface area (Å²) in [7, 11) is 3.47. The van der Waals surface area contributed by atoms with Crippen LogP contribution in [0.5, 0.6) is 11.5 Å². The van der Waals surface area contributed by atoms with Gasteiger partial charge in [0.15, 0.2) is 12.1 Å². The third-order valence-electron chi connectivity index (χ3n) is 9.70. The van der Waals surface area contributed by atoms with Gasteiger partial charge in [-0.05, 0) is 63.5 Å². The first-order valence-electron chi connectivity index (χ1n) is 19.6. The smallest absolute Gasteiger partial charge is 0.243 e. The minimum absolute atomic E-state index is 0. The van der Waals surface area contributed by atoms with E-state index >= 15 is 0 Å². The van der Waals surface area contributed by atoms with Crippen LogP contribution in [0.1, 0.15) is 77.8 Å². The average Bonchev–Trinajstić information content (AvgIpc) is 4.03. The summed E-state index contributed by atoms with van der Waals surface area (Å²) in [5.74, 6) is 13.2. The van der Waals surface area contributed by atoms with Crippen molar-refractivity contribution < 1.29 is 25.2 Å². The maximum atomic E-state index is 11.9. The van der Waals surface area contributed by atoms with Gasteiger partial charge in [-0.25, -0.2) is 9.67 Å². The van der Waals surface area contributed by atoms with E-state index < -0.39 is 0 Å². The van der Waals surface area contributed by atoms with Crippen molar-refractivity contribution in [1.82, 2.24) is 39.6 Å². The Hall–Kier alpha value is -5.73. The largest absolute Gasteiger partial charge is 0.488 e. The number of amidine groups is 1. The Bertz CT molecular complexity index is 2130. The van der Waals surface area contributed by atoms with Crippen LogP contribution in [0.2, 0.25) is 0 Å². The van der Waals surface area contributed by atoms with Gasteiger partial charge >= 0.3 is 0 Å². The Balaban J connectivity index is 0.000000186. The van der Waals surface area contributed by atoms with Crippen molar-refractivity contribution in [1.29, 1.82) is 5.41 Å². The highest BCUT2D eigenvalue weighted by atomic mass is 16.7. The van der Waals surface area contributed by atoms with Gasteiger partial charge in [0.2, 0.25) is 5.91 Å². The third-order valence-corrected chi connectivity index (χ3v) is 9.70. The molecule has 17 heteroatoms. The number of nitrogens with zero attached hydrogens (tertiary/aromatic N) is 10. The molecule has 57 heavy (non-hydrogen) atoms. The Labute approximate surface area is 333 Å². The van der Waals surface area contributed by atoms with Crippen molar-refractivity contribution in [3.63, 3.8) is 0 Å². The summed E-state index contributed by atoms with van der Waals surface area (Å²) in [6.45, 7) is 6.15. The summed E-state index contributed by atoms with van der Waals surface area (Å²) >= 11 is 0. The highest BCUT2D eigenvalue weighted by molar-refractivity contribution is 5.97. The number of aromatic nitrogens is 7. The fraction of sp³-hybridized carbons (Fsp3) is 0.525. The first kappa shape index (κ1) is 39.5. The van der Waals surface area contributed by atoms with Gasteiger partial charge in [0.1, 0.15) is 35.1 Å². The van der Waals surface area contributed by atoms with Crippen molar-refractivity contribution >= 4 is 11.7 Å².